The monoisotopic (exact) mass is 407 g/mol. The van der Waals surface area contributed by atoms with Crippen molar-refractivity contribution in [2.75, 3.05) is 26.9 Å². The minimum Gasteiger partial charge on any atom is -0.378 e. The van der Waals surface area contributed by atoms with Gasteiger partial charge < -0.3 is 18.9 Å². The zero-order valence-corrected chi connectivity index (χ0v) is 17.5. The molecule has 2 aliphatic rings. The van der Waals surface area contributed by atoms with Crippen molar-refractivity contribution in [3.63, 3.8) is 0 Å². The third-order valence-corrected chi connectivity index (χ3v) is 7.54. The van der Waals surface area contributed by atoms with Crippen molar-refractivity contribution in [3.05, 3.63) is 40.9 Å². The lowest BCUT2D eigenvalue weighted by molar-refractivity contribution is -0.149. The van der Waals surface area contributed by atoms with Gasteiger partial charge in [-0.25, -0.2) is 4.98 Å². The molecule has 2 fully saturated rings. The summed E-state index contributed by atoms with van der Waals surface area (Å²) in [5, 5.41) is 0. The Balaban J connectivity index is 1.48. The van der Waals surface area contributed by atoms with Gasteiger partial charge in [-0.3, -0.25) is 0 Å². The summed E-state index contributed by atoms with van der Waals surface area (Å²) < 4.78 is 24.1. The molecule has 0 saturated carbocycles. The minimum absolute atomic E-state index is 0.200. The molecular formula is C20H25NO4S2. The van der Waals surface area contributed by atoms with Gasteiger partial charge >= 0.3 is 0 Å². The fraction of sp³-hybridized carbons (Fsp3) is 0.550. The van der Waals surface area contributed by atoms with Crippen LogP contribution in [0.2, 0.25) is 0 Å². The van der Waals surface area contributed by atoms with Crippen molar-refractivity contribution >= 4 is 23.1 Å². The Kier molecular flexibility index (Phi) is 5.60. The Morgan fingerprint density at radius 2 is 1.93 bits per heavy atom. The lowest BCUT2D eigenvalue weighted by Crippen LogP contribution is -2.38. The number of hydrogen-bond donors (Lipinski definition) is 0. The lowest BCUT2D eigenvalue weighted by atomic mass is 9.89. The van der Waals surface area contributed by atoms with E-state index in [9.17, 15) is 0 Å². The highest BCUT2D eigenvalue weighted by atomic mass is 32.2. The molecule has 0 amide bonds. The molecule has 0 radical (unpaired) electrons. The van der Waals surface area contributed by atoms with Crippen LogP contribution < -0.4 is 0 Å². The van der Waals surface area contributed by atoms with Gasteiger partial charge in [0.05, 0.1) is 30.8 Å². The largest absolute Gasteiger partial charge is 0.378 e. The summed E-state index contributed by atoms with van der Waals surface area (Å²) in [4.78, 5) is 6.96. The smallest absolute Gasteiger partial charge is 0.192 e. The minimum atomic E-state index is -0.623. The van der Waals surface area contributed by atoms with Crippen molar-refractivity contribution in [3.8, 4) is 0 Å². The summed E-state index contributed by atoms with van der Waals surface area (Å²) in [6.45, 7) is 6.07. The molecule has 5 nitrogen and oxygen atoms in total. The number of nitrogens with zero attached hydrogens (tertiary/aromatic N) is 1. The second-order valence-electron chi connectivity index (χ2n) is 7.09. The van der Waals surface area contributed by atoms with Gasteiger partial charge in [0.25, 0.3) is 0 Å². The maximum atomic E-state index is 5.94. The van der Waals surface area contributed by atoms with Crippen molar-refractivity contribution in [2.45, 2.75) is 53.4 Å². The molecule has 4 rings (SSSR count). The summed E-state index contributed by atoms with van der Waals surface area (Å²) in [6, 6.07) is 8.33. The SMILES string of the molecule is CO[C@]1(c2cnc(Sc3ccc(C4(C)OCCO4)cc3)s2)CCO[C@@H](C)C1. The zero-order valence-electron chi connectivity index (χ0n) is 15.9. The van der Waals surface area contributed by atoms with Crippen LogP contribution in [0.4, 0.5) is 0 Å². The Morgan fingerprint density at radius 1 is 1.19 bits per heavy atom. The number of aromatic nitrogens is 1. The highest BCUT2D eigenvalue weighted by Gasteiger charge is 2.39. The van der Waals surface area contributed by atoms with Gasteiger partial charge in [0, 0.05) is 36.6 Å². The van der Waals surface area contributed by atoms with E-state index in [1.165, 1.54) is 4.88 Å². The molecule has 0 spiro atoms. The van der Waals surface area contributed by atoms with Crippen LogP contribution in [0.1, 0.15) is 37.1 Å². The highest BCUT2D eigenvalue weighted by Crippen LogP contribution is 2.43. The number of methoxy groups -OCH3 is 1. The first kappa shape index (κ1) is 19.4. The van der Waals surface area contributed by atoms with Gasteiger partial charge in [0.2, 0.25) is 0 Å². The second-order valence-corrected chi connectivity index (χ2v) is 9.44. The van der Waals surface area contributed by atoms with Gasteiger partial charge in [-0.15, -0.1) is 11.3 Å². The lowest BCUT2D eigenvalue weighted by Gasteiger charge is -2.37. The predicted octanol–water partition coefficient (Wildman–Crippen LogP) is 4.55. The van der Waals surface area contributed by atoms with Gasteiger partial charge in [0.15, 0.2) is 10.1 Å². The first-order chi connectivity index (χ1) is 13.0. The van der Waals surface area contributed by atoms with Crippen LogP contribution in [0.5, 0.6) is 0 Å². The van der Waals surface area contributed by atoms with E-state index in [0.29, 0.717) is 13.2 Å². The molecular weight excluding hydrogens is 382 g/mol. The molecule has 1 aromatic heterocycles. The second kappa shape index (κ2) is 7.81. The number of thiazole rings is 1. The maximum absolute atomic E-state index is 5.94. The Labute approximate surface area is 168 Å². The molecule has 0 N–H and O–H groups in total. The van der Waals surface area contributed by atoms with Crippen LogP contribution in [0.15, 0.2) is 39.7 Å². The topological polar surface area (TPSA) is 49.8 Å². The van der Waals surface area contributed by atoms with Gasteiger partial charge in [-0.2, -0.15) is 0 Å². The quantitative estimate of drug-likeness (QED) is 0.724. The summed E-state index contributed by atoms with van der Waals surface area (Å²) in [5.41, 5.74) is 0.766. The van der Waals surface area contributed by atoms with Crippen molar-refractivity contribution in [2.24, 2.45) is 0 Å². The molecule has 27 heavy (non-hydrogen) atoms. The van der Waals surface area contributed by atoms with Crippen LogP contribution in [-0.4, -0.2) is 38.0 Å². The van der Waals surface area contributed by atoms with E-state index < -0.39 is 5.79 Å². The van der Waals surface area contributed by atoms with Crippen LogP contribution in [-0.2, 0) is 30.3 Å². The number of benzene rings is 1. The molecule has 0 aliphatic carbocycles. The average molecular weight is 408 g/mol. The summed E-state index contributed by atoms with van der Waals surface area (Å²) in [7, 11) is 1.79. The van der Waals surface area contributed by atoms with Gasteiger partial charge in [0.1, 0.15) is 5.60 Å². The molecule has 0 unspecified atom stereocenters. The van der Waals surface area contributed by atoms with Crippen LogP contribution in [0.3, 0.4) is 0 Å². The number of hydrogen-bond acceptors (Lipinski definition) is 7. The summed E-state index contributed by atoms with van der Waals surface area (Å²) in [6.07, 6.45) is 3.89. The third kappa shape index (κ3) is 3.95. The van der Waals surface area contributed by atoms with E-state index in [2.05, 4.69) is 36.2 Å². The van der Waals surface area contributed by atoms with Crippen molar-refractivity contribution < 1.29 is 18.9 Å². The molecule has 2 aromatic rings. The van der Waals surface area contributed by atoms with Crippen molar-refractivity contribution in [1.82, 2.24) is 4.98 Å². The van der Waals surface area contributed by atoms with E-state index in [4.69, 9.17) is 18.9 Å². The van der Waals surface area contributed by atoms with Crippen LogP contribution in [0.25, 0.3) is 0 Å². The van der Waals surface area contributed by atoms with E-state index in [-0.39, 0.29) is 11.7 Å². The van der Waals surface area contributed by atoms with E-state index in [0.717, 1.165) is 34.2 Å². The van der Waals surface area contributed by atoms with Crippen LogP contribution >= 0.6 is 23.1 Å². The fourth-order valence-corrected chi connectivity index (χ4v) is 5.84. The standard InChI is InChI=1S/C20H25NO4S2/c1-14-12-20(22-3,8-9-23-14)17-13-21-18(27-17)26-16-6-4-15(5-7-16)19(2)24-10-11-25-19/h4-7,13-14H,8-12H2,1-3H3/t14-,20+/m0/s1. The van der Waals surface area contributed by atoms with E-state index in [1.807, 2.05) is 13.1 Å². The van der Waals surface area contributed by atoms with E-state index >= 15 is 0 Å². The summed E-state index contributed by atoms with van der Waals surface area (Å²) >= 11 is 3.38. The molecule has 2 aliphatic heterocycles. The molecule has 1 aromatic carbocycles. The molecule has 146 valence electrons. The zero-order chi connectivity index (χ0) is 18.9. The molecule has 2 saturated heterocycles. The van der Waals surface area contributed by atoms with Gasteiger partial charge in [-0.05, 0) is 26.0 Å². The normalized spacial score (nSPS) is 27.7. The Morgan fingerprint density at radius 3 is 2.59 bits per heavy atom. The summed E-state index contributed by atoms with van der Waals surface area (Å²) in [5.74, 6) is -0.623. The predicted molar refractivity (Wildman–Crippen MR) is 105 cm³/mol. The van der Waals surface area contributed by atoms with E-state index in [1.54, 1.807) is 30.2 Å². The highest BCUT2D eigenvalue weighted by molar-refractivity contribution is 8.01. The Hall–Kier alpha value is -0.960. The first-order valence-corrected chi connectivity index (χ1v) is 10.9. The Bertz CT molecular complexity index is 773. The number of ether oxygens (including phenoxy) is 4. The molecule has 2 atom stereocenters. The third-order valence-electron chi connectivity index (χ3n) is 5.27. The molecule has 7 heteroatoms. The van der Waals surface area contributed by atoms with Crippen LogP contribution in [0, 0.1) is 0 Å². The molecule has 3 heterocycles. The number of rotatable bonds is 5. The first-order valence-electron chi connectivity index (χ1n) is 9.22. The average Bonchev–Trinajstić information content (AvgIpc) is 3.32. The fourth-order valence-electron chi connectivity index (χ4n) is 3.68. The molecule has 0 bridgehead atoms. The maximum Gasteiger partial charge on any atom is 0.192 e. The van der Waals surface area contributed by atoms with Crippen molar-refractivity contribution in [1.29, 1.82) is 0 Å². The van der Waals surface area contributed by atoms with Gasteiger partial charge in [-0.1, -0.05) is 23.9 Å².